The fraction of sp³-hybridized carbons (Fsp3) is 0.167. The van der Waals surface area contributed by atoms with Gasteiger partial charge in [-0.05, 0) is 23.1 Å². The number of nitrogens with zero attached hydrogens (tertiary/aromatic N) is 1. The summed E-state index contributed by atoms with van der Waals surface area (Å²) in [6, 6.07) is 14.8. The first-order valence-corrected chi connectivity index (χ1v) is 7.11. The zero-order valence-corrected chi connectivity index (χ0v) is 12.0. The molecule has 0 saturated carbocycles. The predicted octanol–water partition coefficient (Wildman–Crippen LogP) is 3.73. The van der Waals surface area contributed by atoms with Crippen LogP contribution >= 0.6 is 0 Å². The van der Waals surface area contributed by atoms with E-state index in [1.165, 1.54) is 5.56 Å². The summed E-state index contributed by atoms with van der Waals surface area (Å²) in [6.07, 6.45) is 2.71. The van der Waals surface area contributed by atoms with E-state index in [0.29, 0.717) is 12.1 Å². The third kappa shape index (κ3) is 2.20. The molecule has 1 heterocycles. The van der Waals surface area contributed by atoms with Crippen LogP contribution < -0.4 is 5.73 Å². The first-order chi connectivity index (χ1) is 10.3. The van der Waals surface area contributed by atoms with Gasteiger partial charge >= 0.3 is 0 Å². The van der Waals surface area contributed by atoms with Crippen LogP contribution in [-0.2, 0) is 13.0 Å². The van der Waals surface area contributed by atoms with Crippen LogP contribution in [0.1, 0.15) is 23.6 Å². The molecule has 0 aliphatic rings. The summed E-state index contributed by atoms with van der Waals surface area (Å²) >= 11 is 0. The van der Waals surface area contributed by atoms with Gasteiger partial charge in [0.2, 0.25) is 0 Å². The zero-order valence-electron chi connectivity index (χ0n) is 12.0. The molecule has 3 rings (SSSR count). The average molecular weight is 275 g/mol. The molecule has 3 nitrogen and oxygen atoms in total. The van der Waals surface area contributed by atoms with Crippen LogP contribution in [0.15, 0.2) is 42.6 Å². The van der Waals surface area contributed by atoms with Crippen LogP contribution in [0, 0.1) is 11.3 Å². The normalized spacial score (nSPS) is 10.7. The molecule has 0 saturated heterocycles. The minimum Gasteiger partial charge on any atom is -0.359 e. The topological polar surface area (TPSA) is 65.6 Å². The van der Waals surface area contributed by atoms with Gasteiger partial charge in [-0.2, -0.15) is 5.26 Å². The van der Waals surface area contributed by atoms with Crippen LogP contribution in [0.2, 0.25) is 0 Å². The van der Waals surface area contributed by atoms with Gasteiger partial charge in [0.15, 0.2) is 0 Å². The molecule has 3 heteroatoms. The minimum absolute atomic E-state index is 0.547. The predicted molar refractivity (Wildman–Crippen MR) is 85.7 cm³/mol. The summed E-state index contributed by atoms with van der Waals surface area (Å²) in [5.74, 6) is 0. The van der Waals surface area contributed by atoms with Crippen molar-refractivity contribution < 1.29 is 0 Å². The van der Waals surface area contributed by atoms with Gasteiger partial charge in [0.25, 0.3) is 0 Å². The first-order valence-electron chi connectivity index (χ1n) is 7.11. The molecule has 0 fully saturated rings. The largest absolute Gasteiger partial charge is 0.359 e. The van der Waals surface area contributed by atoms with Gasteiger partial charge in [-0.15, -0.1) is 0 Å². The van der Waals surface area contributed by atoms with E-state index in [-0.39, 0.29) is 0 Å². The van der Waals surface area contributed by atoms with Gasteiger partial charge < -0.3 is 10.7 Å². The van der Waals surface area contributed by atoms with Crippen LogP contribution in [0.25, 0.3) is 22.0 Å². The molecule has 3 N–H and O–H groups in total. The van der Waals surface area contributed by atoms with Crippen LogP contribution in [0.3, 0.4) is 0 Å². The smallest absolute Gasteiger partial charge is 0.101 e. The fourth-order valence-corrected chi connectivity index (χ4v) is 2.76. The van der Waals surface area contributed by atoms with Gasteiger partial charge in [0, 0.05) is 23.7 Å². The van der Waals surface area contributed by atoms with Gasteiger partial charge in [0.05, 0.1) is 11.1 Å². The van der Waals surface area contributed by atoms with Gasteiger partial charge in [-0.1, -0.05) is 43.3 Å². The fourth-order valence-electron chi connectivity index (χ4n) is 2.76. The quantitative estimate of drug-likeness (QED) is 0.765. The molecular formula is C18H17N3. The van der Waals surface area contributed by atoms with Crippen molar-refractivity contribution in [1.82, 2.24) is 4.98 Å². The second-order valence-corrected chi connectivity index (χ2v) is 5.09. The minimum atomic E-state index is 0.547. The maximum absolute atomic E-state index is 9.29. The Morgan fingerprint density at radius 1 is 1.14 bits per heavy atom. The number of rotatable bonds is 3. The van der Waals surface area contributed by atoms with Crippen LogP contribution in [0.4, 0.5) is 0 Å². The van der Waals surface area contributed by atoms with Crippen LogP contribution in [0.5, 0.6) is 0 Å². The molecular weight excluding hydrogens is 258 g/mol. The van der Waals surface area contributed by atoms with Crippen molar-refractivity contribution in [2.45, 2.75) is 19.9 Å². The molecule has 0 aliphatic heterocycles. The molecule has 0 atom stereocenters. The number of aryl methyl sites for hydroxylation is 1. The number of fused-ring (bicyclic) bond motifs is 1. The number of benzene rings is 2. The zero-order chi connectivity index (χ0) is 14.8. The molecule has 0 spiro atoms. The Hall–Kier alpha value is -2.57. The molecule has 0 bridgehead atoms. The Morgan fingerprint density at radius 2 is 1.90 bits per heavy atom. The number of H-pyrrole nitrogens is 1. The van der Waals surface area contributed by atoms with Crippen molar-refractivity contribution >= 4 is 10.9 Å². The summed E-state index contributed by atoms with van der Waals surface area (Å²) < 4.78 is 0. The lowest BCUT2D eigenvalue weighted by Gasteiger charge is -2.08. The Labute approximate surface area is 124 Å². The van der Waals surface area contributed by atoms with Crippen molar-refractivity contribution in [3.05, 3.63) is 59.3 Å². The maximum atomic E-state index is 9.29. The molecule has 104 valence electrons. The van der Waals surface area contributed by atoms with Crippen molar-refractivity contribution in [2.24, 2.45) is 5.73 Å². The van der Waals surface area contributed by atoms with Crippen molar-refractivity contribution in [3.8, 4) is 17.2 Å². The number of aromatic nitrogens is 1. The molecule has 0 amide bonds. The second-order valence-electron chi connectivity index (χ2n) is 5.09. The van der Waals surface area contributed by atoms with E-state index in [9.17, 15) is 5.26 Å². The average Bonchev–Trinajstić information content (AvgIpc) is 2.98. The van der Waals surface area contributed by atoms with Crippen molar-refractivity contribution in [3.63, 3.8) is 0 Å². The third-order valence-electron chi connectivity index (χ3n) is 3.92. The van der Waals surface area contributed by atoms with Crippen molar-refractivity contribution in [1.29, 1.82) is 5.26 Å². The van der Waals surface area contributed by atoms with E-state index in [2.05, 4.69) is 42.2 Å². The van der Waals surface area contributed by atoms with E-state index in [1.807, 2.05) is 12.1 Å². The van der Waals surface area contributed by atoms with Crippen molar-refractivity contribution in [2.75, 3.05) is 0 Å². The highest BCUT2D eigenvalue weighted by Crippen LogP contribution is 2.32. The standard InChI is InChI=1S/C18H17N3/c1-2-13-7-8-16(14-5-3-12(9-19)4-6-14)18-17(13)15(10-20)11-21-18/h3-8,11,21H,2,9,19H2,1H3. The molecule has 3 aromatic rings. The SMILES string of the molecule is CCc1ccc(-c2ccc(CN)cc2)c2[nH]cc(C#N)c12. The van der Waals surface area contributed by atoms with Crippen LogP contribution in [-0.4, -0.2) is 4.98 Å². The highest BCUT2D eigenvalue weighted by atomic mass is 14.7. The summed E-state index contributed by atoms with van der Waals surface area (Å²) in [7, 11) is 0. The van der Waals surface area contributed by atoms with E-state index >= 15 is 0 Å². The van der Waals surface area contributed by atoms with Gasteiger partial charge in [0.1, 0.15) is 6.07 Å². The Balaban J connectivity index is 2.24. The van der Waals surface area contributed by atoms with Gasteiger partial charge in [-0.25, -0.2) is 0 Å². The highest BCUT2D eigenvalue weighted by molar-refractivity contribution is 5.99. The second kappa shape index (κ2) is 5.43. The number of aromatic amines is 1. The lowest BCUT2D eigenvalue weighted by molar-refractivity contribution is 1.07. The number of hydrogen-bond acceptors (Lipinski definition) is 2. The number of nitriles is 1. The summed E-state index contributed by atoms with van der Waals surface area (Å²) in [6.45, 7) is 2.66. The Bertz CT molecular complexity index is 820. The maximum Gasteiger partial charge on any atom is 0.101 e. The van der Waals surface area contributed by atoms with Gasteiger partial charge in [-0.3, -0.25) is 0 Å². The Morgan fingerprint density at radius 3 is 2.52 bits per heavy atom. The van der Waals surface area contributed by atoms with E-state index in [4.69, 9.17) is 5.73 Å². The molecule has 1 aromatic heterocycles. The molecule has 2 aromatic carbocycles. The monoisotopic (exact) mass is 275 g/mol. The first kappa shape index (κ1) is 13.4. The molecule has 0 unspecified atom stereocenters. The summed E-state index contributed by atoms with van der Waals surface area (Å²) in [5.41, 5.74) is 12.0. The molecule has 0 aliphatic carbocycles. The summed E-state index contributed by atoms with van der Waals surface area (Å²) in [5, 5.41) is 10.3. The molecule has 0 radical (unpaired) electrons. The number of nitrogens with two attached hydrogens (primary N) is 1. The Kier molecular flexibility index (Phi) is 3.47. The van der Waals surface area contributed by atoms with E-state index in [1.54, 1.807) is 6.20 Å². The number of hydrogen-bond donors (Lipinski definition) is 2. The highest BCUT2D eigenvalue weighted by Gasteiger charge is 2.12. The summed E-state index contributed by atoms with van der Waals surface area (Å²) in [4.78, 5) is 3.26. The van der Waals surface area contributed by atoms with E-state index in [0.717, 1.165) is 34.0 Å². The third-order valence-corrected chi connectivity index (χ3v) is 3.92. The number of nitrogens with one attached hydrogen (secondary N) is 1. The molecule has 21 heavy (non-hydrogen) atoms. The lowest BCUT2D eigenvalue weighted by Crippen LogP contribution is -1.95. The van der Waals surface area contributed by atoms with E-state index < -0.39 is 0 Å². The lowest BCUT2D eigenvalue weighted by atomic mass is 9.96.